The number of aromatic hydroxyl groups is 1. The molecular formula is C16H27NO2. The average molecular weight is 265 g/mol. The topological polar surface area (TPSA) is 41.5 Å². The zero-order valence-electron chi connectivity index (χ0n) is 12.7. The Hall–Kier alpha value is -1.22. The van der Waals surface area contributed by atoms with Crippen LogP contribution >= 0.6 is 0 Å². The van der Waals surface area contributed by atoms with Crippen molar-refractivity contribution < 1.29 is 9.84 Å². The lowest BCUT2D eigenvalue weighted by molar-refractivity contribution is 0.393. The monoisotopic (exact) mass is 265 g/mol. The van der Waals surface area contributed by atoms with Gasteiger partial charge in [0, 0.05) is 17.6 Å². The number of rotatable bonds is 7. The minimum atomic E-state index is 0.109. The van der Waals surface area contributed by atoms with Crippen molar-refractivity contribution in [1.29, 1.82) is 0 Å². The molecule has 0 radical (unpaired) electrons. The third-order valence-electron chi connectivity index (χ3n) is 3.41. The molecule has 0 bridgehead atoms. The molecule has 0 heterocycles. The van der Waals surface area contributed by atoms with E-state index in [1.54, 1.807) is 19.2 Å². The highest BCUT2D eigenvalue weighted by Gasteiger charge is 2.14. The Labute approximate surface area is 117 Å². The standard InChI is InChI=1S/C16H27NO2/c1-11(2)6-7-12(3)17-13(4)15-10-14(19-5)8-9-16(15)18/h8-13,17-18H,6-7H2,1-5H3. The van der Waals surface area contributed by atoms with Crippen molar-refractivity contribution in [3.05, 3.63) is 23.8 Å². The first kappa shape index (κ1) is 15.8. The van der Waals surface area contributed by atoms with Crippen LogP contribution in [0.5, 0.6) is 11.5 Å². The van der Waals surface area contributed by atoms with Crippen LogP contribution in [0.2, 0.25) is 0 Å². The molecule has 2 unspecified atom stereocenters. The van der Waals surface area contributed by atoms with Crippen molar-refractivity contribution in [2.24, 2.45) is 5.92 Å². The van der Waals surface area contributed by atoms with E-state index in [1.165, 1.54) is 6.42 Å². The highest BCUT2D eigenvalue weighted by molar-refractivity contribution is 5.41. The Bertz CT molecular complexity index is 390. The van der Waals surface area contributed by atoms with E-state index >= 15 is 0 Å². The Morgan fingerprint density at radius 2 is 1.84 bits per heavy atom. The fourth-order valence-corrected chi connectivity index (χ4v) is 2.19. The molecule has 108 valence electrons. The Morgan fingerprint density at radius 3 is 2.42 bits per heavy atom. The maximum absolute atomic E-state index is 9.94. The molecule has 1 rings (SSSR count). The number of hydrogen-bond donors (Lipinski definition) is 2. The van der Waals surface area contributed by atoms with Gasteiger partial charge < -0.3 is 15.2 Å². The maximum Gasteiger partial charge on any atom is 0.120 e. The molecule has 0 aliphatic carbocycles. The van der Waals surface area contributed by atoms with Crippen LogP contribution in [0.3, 0.4) is 0 Å². The zero-order valence-corrected chi connectivity index (χ0v) is 12.7. The summed E-state index contributed by atoms with van der Waals surface area (Å²) in [6, 6.07) is 5.89. The van der Waals surface area contributed by atoms with E-state index < -0.39 is 0 Å². The van der Waals surface area contributed by atoms with Crippen LogP contribution < -0.4 is 10.1 Å². The summed E-state index contributed by atoms with van der Waals surface area (Å²) in [5, 5.41) is 13.5. The summed E-state index contributed by atoms with van der Waals surface area (Å²) in [6.45, 7) is 8.74. The van der Waals surface area contributed by atoms with E-state index in [2.05, 4.69) is 33.0 Å². The van der Waals surface area contributed by atoms with Gasteiger partial charge in [-0.2, -0.15) is 0 Å². The quantitative estimate of drug-likeness (QED) is 0.786. The minimum absolute atomic E-state index is 0.109. The number of nitrogens with one attached hydrogen (secondary N) is 1. The smallest absolute Gasteiger partial charge is 0.120 e. The maximum atomic E-state index is 9.94. The molecule has 0 spiro atoms. The summed E-state index contributed by atoms with van der Waals surface area (Å²) in [5.41, 5.74) is 0.885. The Balaban J connectivity index is 2.64. The molecule has 19 heavy (non-hydrogen) atoms. The van der Waals surface area contributed by atoms with E-state index in [0.29, 0.717) is 11.8 Å². The van der Waals surface area contributed by atoms with Crippen LogP contribution in [0.15, 0.2) is 18.2 Å². The zero-order chi connectivity index (χ0) is 14.4. The van der Waals surface area contributed by atoms with Crippen molar-refractivity contribution in [2.45, 2.75) is 52.6 Å². The molecule has 1 aromatic carbocycles. The van der Waals surface area contributed by atoms with Crippen LogP contribution in [0.1, 0.15) is 52.1 Å². The molecule has 1 aromatic rings. The van der Waals surface area contributed by atoms with Crippen LogP contribution in [0.4, 0.5) is 0 Å². The second-order valence-electron chi connectivity index (χ2n) is 5.69. The first-order valence-electron chi connectivity index (χ1n) is 7.07. The molecule has 0 aliphatic rings. The first-order chi connectivity index (χ1) is 8.93. The molecule has 2 atom stereocenters. The molecular weight excluding hydrogens is 238 g/mol. The van der Waals surface area contributed by atoms with Gasteiger partial charge in [0.25, 0.3) is 0 Å². The molecule has 2 N–H and O–H groups in total. The SMILES string of the molecule is COc1ccc(O)c(C(C)NC(C)CCC(C)C)c1. The van der Waals surface area contributed by atoms with Gasteiger partial charge in [0.1, 0.15) is 11.5 Å². The normalized spacial score (nSPS) is 14.4. The fraction of sp³-hybridized carbons (Fsp3) is 0.625. The number of hydrogen-bond acceptors (Lipinski definition) is 3. The molecule has 0 saturated heterocycles. The van der Waals surface area contributed by atoms with Gasteiger partial charge >= 0.3 is 0 Å². The third kappa shape index (κ3) is 5.11. The molecule has 3 heteroatoms. The summed E-state index contributed by atoms with van der Waals surface area (Å²) < 4.78 is 5.21. The van der Waals surface area contributed by atoms with Crippen molar-refractivity contribution in [1.82, 2.24) is 5.32 Å². The number of ether oxygens (including phenoxy) is 1. The Kier molecular flexibility index (Phi) is 6.16. The van der Waals surface area contributed by atoms with Gasteiger partial charge in [-0.1, -0.05) is 13.8 Å². The van der Waals surface area contributed by atoms with E-state index in [4.69, 9.17) is 4.74 Å². The van der Waals surface area contributed by atoms with Crippen LogP contribution in [-0.4, -0.2) is 18.3 Å². The summed E-state index contributed by atoms with van der Waals surface area (Å²) in [4.78, 5) is 0. The van der Waals surface area contributed by atoms with Gasteiger partial charge in [-0.15, -0.1) is 0 Å². The lowest BCUT2D eigenvalue weighted by atomic mass is 10.0. The molecule has 3 nitrogen and oxygen atoms in total. The van der Waals surface area contributed by atoms with Gasteiger partial charge in [0.15, 0.2) is 0 Å². The molecule has 0 fully saturated rings. The second kappa shape index (κ2) is 7.39. The average Bonchev–Trinajstić information content (AvgIpc) is 2.36. The largest absolute Gasteiger partial charge is 0.508 e. The van der Waals surface area contributed by atoms with E-state index in [0.717, 1.165) is 23.7 Å². The van der Waals surface area contributed by atoms with Gasteiger partial charge in [-0.25, -0.2) is 0 Å². The van der Waals surface area contributed by atoms with E-state index in [9.17, 15) is 5.11 Å². The van der Waals surface area contributed by atoms with Crippen LogP contribution in [0.25, 0.3) is 0 Å². The predicted molar refractivity (Wildman–Crippen MR) is 79.7 cm³/mol. The van der Waals surface area contributed by atoms with Crippen molar-refractivity contribution in [3.8, 4) is 11.5 Å². The van der Waals surface area contributed by atoms with Gasteiger partial charge in [-0.3, -0.25) is 0 Å². The summed E-state index contributed by atoms with van der Waals surface area (Å²) in [5.74, 6) is 1.82. The first-order valence-corrected chi connectivity index (χ1v) is 7.07. The number of phenols is 1. The molecule has 0 amide bonds. The number of phenolic OH excluding ortho intramolecular Hbond substituents is 1. The van der Waals surface area contributed by atoms with Crippen LogP contribution in [0, 0.1) is 5.92 Å². The predicted octanol–water partition coefficient (Wildman–Crippen LogP) is 3.88. The van der Waals surface area contributed by atoms with E-state index in [1.807, 2.05) is 6.07 Å². The molecule has 0 saturated carbocycles. The minimum Gasteiger partial charge on any atom is -0.508 e. The molecule has 0 aliphatic heterocycles. The third-order valence-corrected chi connectivity index (χ3v) is 3.41. The van der Waals surface area contributed by atoms with Crippen LogP contribution in [-0.2, 0) is 0 Å². The van der Waals surface area contributed by atoms with Gasteiger partial charge in [-0.05, 0) is 50.8 Å². The summed E-state index contributed by atoms with van der Waals surface area (Å²) in [7, 11) is 1.64. The molecule has 0 aromatic heterocycles. The van der Waals surface area contributed by atoms with Crippen molar-refractivity contribution in [2.75, 3.05) is 7.11 Å². The summed E-state index contributed by atoms with van der Waals surface area (Å²) in [6.07, 6.45) is 2.36. The fourth-order valence-electron chi connectivity index (χ4n) is 2.19. The van der Waals surface area contributed by atoms with E-state index in [-0.39, 0.29) is 6.04 Å². The highest BCUT2D eigenvalue weighted by Crippen LogP contribution is 2.28. The van der Waals surface area contributed by atoms with Crippen molar-refractivity contribution in [3.63, 3.8) is 0 Å². The Morgan fingerprint density at radius 1 is 1.16 bits per heavy atom. The number of methoxy groups -OCH3 is 1. The van der Waals surface area contributed by atoms with Crippen molar-refractivity contribution >= 4 is 0 Å². The summed E-state index contributed by atoms with van der Waals surface area (Å²) >= 11 is 0. The van der Waals surface area contributed by atoms with Gasteiger partial charge in [0.05, 0.1) is 7.11 Å². The van der Waals surface area contributed by atoms with Gasteiger partial charge in [0.2, 0.25) is 0 Å². The lowest BCUT2D eigenvalue weighted by Crippen LogP contribution is -2.29. The highest BCUT2D eigenvalue weighted by atomic mass is 16.5. The lowest BCUT2D eigenvalue weighted by Gasteiger charge is -2.22. The number of benzene rings is 1. The second-order valence-corrected chi connectivity index (χ2v) is 5.69.